The first-order valence-corrected chi connectivity index (χ1v) is 3.88. The van der Waals surface area contributed by atoms with E-state index in [-0.39, 0.29) is 0 Å². The number of fused-ring (bicyclic) bond motifs is 1. The molecule has 0 aliphatic heterocycles. The average Bonchev–Trinajstić information content (AvgIpc) is 2.31. The second kappa shape index (κ2) is 2.27. The van der Waals surface area contributed by atoms with Crippen LogP contribution in [-0.2, 0) is 7.05 Å². The minimum atomic E-state index is 0.668. The Labute approximate surface area is 71.4 Å². The fraction of sp³-hybridized carbons (Fsp3) is 0.167. The van der Waals surface area contributed by atoms with E-state index < -0.39 is 0 Å². The molecule has 0 radical (unpaired) electrons. The predicted molar refractivity (Wildman–Crippen MR) is 44.0 cm³/mol. The van der Waals surface area contributed by atoms with Crippen LogP contribution in [0.5, 0.6) is 0 Å². The molecule has 5 heteroatoms. The van der Waals surface area contributed by atoms with Crippen LogP contribution in [0, 0.1) is 0 Å². The minimum absolute atomic E-state index is 0.668. The molecule has 0 amide bonds. The highest BCUT2D eigenvalue weighted by Crippen LogP contribution is 2.17. The minimum Gasteiger partial charge on any atom is -0.234 e. The highest BCUT2D eigenvalue weighted by atomic mass is 79.9. The van der Waals surface area contributed by atoms with E-state index in [9.17, 15) is 0 Å². The van der Waals surface area contributed by atoms with Crippen LogP contribution < -0.4 is 0 Å². The van der Waals surface area contributed by atoms with Crippen LogP contribution in [0.15, 0.2) is 16.7 Å². The molecule has 0 saturated carbocycles. The molecule has 56 valence electrons. The first-order chi connectivity index (χ1) is 5.27. The van der Waals surface area contributed by atoms with Crippen molar-refractivity contribution < 1.29 is 0 Å². The van der Waals surface area contributed by atoms with Gasteiger partial charge in [0.15, 0.2) is 0 Å². The van der Waals surface area contributed by atoms with Crippen molar-refractivity contribution in [1.29, 1.82) is 0 Å². The highest BCUT2D eigenvalue weighted by molar-refractivity contribution is 9.10. The summed E-state index contributed by atoms with van der Waals surface area (Å²) in [5.74, 6) is 0. The van der Waals surface area contributed by atoms with Crippen molar-refractivity contribution in [2.24, 2.45) is 7.05 Å². The molecule has 0 spiro atoms. The van der Waals surface area contributed by atoms with E-state index in [1.807, 2.05) is 6.07 Å². The Balaban J connectivity index is 2.90. The molecule has 0 saturated heterocycles. The largest absolute Gasteiger partial charge is 0.234 e. The first-order valence-electron chi connectivity index (χ1n) is 3.09. The Hall–Kier alpha value is -0.970. The lowest BCUT2D eigenvalue weighted by atomic mass is 10.4. The van der Waals surface area contributed by atoms with Crippen LogP contribution in [0.3, 0.4) is 0 Å². The van der Waals surface area contributed by atoms with Crippen molar-refractivity contribution in [3.63, 3.8) is 0 Å². The highest BCUT2D eigenvalue weighted by Gasteiger charge is 2.03. The van der Waals surface area contributed by atoms with Gasteiger partial charge in [-0.25, -0.2) is 4.98 Å². The van der Waals surface area contributed by atoms with Gasteiger partial charge in [-0.1, -0.05) is 0 Å². The molecule has 11 heavy (non-hydrogen) atoms. The summed E-state index contributed by atoms with van der Waals surface area (Å²) < 4.78 is 0.926. The summed E-state index contributed by atoms with van der Waals surface area (Å²) in [6, 6.07) is 1.84. The van der Waals surface area contributed by atoms with Crippen LogP contribution in [0.4, 0.5) is 0 Å². The molecular weight excluding hydrogens is 208 g/mol. The van der Waals surface area contributed by atoms with Crippen molar-refractivity contribution in [2.45, 2.75) is 0 Å². The number of pyridine rings is 1. The Morgan fingerprint density at radius 3 is 3.00 bits per heavy atom. The van der Waals surface area contributed by atoms with Crippen molar-refractivity contribution in [3.8, 4) is 0 Å². The molecule has 2 rings (SSSR count). The maximum atomic E-state index is 4.11. The van der Waals surface area contributed by atoms with Gasteiger partial charge in [-0.05, 0) is 22.0 Å². The number of hydrogen-bond donors (Lipinski definition) is 0. The van der Waals surface area contributed by atoms with Crippen LogP contribution in [0.2, 0.25) is 0 Å². The lowest BCUT2D eigenvalue weighted by Gasteiger charge is -1.85. The van der Waals surface area contributed by atoms with Crippen molar-refractivity contribution >= 4 is 27.1 Å². The molecular formula is C6H5BrN4. The number of hydrogen-bond acceptors (Lipinski definition) is 3. The van der Waals surface area contributed by atoms with E-state index in [4.69, 9.17) is 0 Å². The van der Waals surface area contributed by atoms with Gasteiger partial charge in [0.2, 0.25) is 5.65 Å². The topological polar surface area (TPSA) is 43.6 Å². The molecule has 0 fully saturated rings. The second-order valence-corrected chi connectivity index (χ2v) is 3.01. The van der Waals surface area contributed by atoms with Gasteiger partial charge in [0.05, 0.1) is 4.47 Å². The summed E-state index contributed by atoms with van der Waals surface area (Å²) in [6.07, 6.45) is 1.70. The molecule has 0 aliphatic rings. The summed E-state index contributed by atoms with van der Waals surface area (Å²) in [6.45, 7) is 0. The number of aromatic nitrogens is 4. The predicted octanol–water partition coefficient (Wildman–Crippen LogP) is 1.13. The van der Waals surface area contributed by atoms with Gasteiger partial charge >= 0.3 is 0 Å². The fourth-order valence-electron chi connectivity index (χ4n) is 0.890. The molecule has 0 N–H and O–H groups in total. The van der Waals surface area contributed by atoms with Crippen LogP contribution >= 0.6 is 15.9 Å². The van der Waals surface area contributed by atoms with Gasteiger partial charge in [0, 0.05) is 13.2 Å². The third-order valence-corrected chi connectivity index (χ3v) is 1.98. The summed E-state index contributed by atoms with van der Waals surface area (Å²) >= 11 is 3.35. The van der Waals surface area contributed by atoms with Gasteiger partial charge in [0.25, 0.3) is 0 Å². The van der Waals surface area contributed by atoms with E-state index in [0.717, 1.165) is 9.99 Å². The third-order valence-electron chi connectivity index (χ3n) is 1.34. The van der Waals surface area contributed by atoms with Gasteiger partial charge in [-0.2, -0.15) is 9.90 Å². The summed E-state index contributed by atoms with van der Waals surface area (Å²) in [5, 5.41) is 8.15. The van der Waals surface area contributed by atoms with E-state index in [0.29, 0.717) is 5.65 Å². The Bertz CT molecular complexity index is 394. The molecule has 2 aromatic rings. The van der Waals surface area contributed by atoms with Crippen molar-refractivity contribution in [1.82, 2.24) is 20.0 Å². The summed E-state index contributed by atoms with van der Waals surface area (Å²) in [4.78, 5) is 5.54. The first kappa shape index (κ1) is 6.72. The molecule has 0 aliphatic carbocycles. The van der Waals surface area contributed by atoms with E-state index in [1.54, 1.807) is 13.2 Å². The Morgan fingerprint density at radius 1 is 1.45 bits per heavy atom. The number of rotatable bonds is 0. The molecule has 0 aromatic carbocycles. The lowest BCUT2D eigenvalue weighted by molar-refractivity contribution is 0.663. The van der Waals surface area contributed by atoms with Crippen molar-refractivity contribution in [3.05, 3.63) is 16.7 Å². The summed E-state index contributed by atoms with van der Waals surface area (Å²) in [7, 11) is 1.77. The average molecular weight is 213 g/mol. The van der Waals surface area contributed by atoms with Crippen LogP contribution in [0.25, 0.3) is 11.2 Å². The quantitative estimate of drug-likeness (QED) is 0.658. The van der Waals surface area contributed by atoms with Crippen LogP contribution in [-0.4, -0.2) is 20.0 Å². The van der Waals surface area contributed by atoms with Gasteiger partial charge in [-0.15, -0.1) is 5.10 Å². The molecule has 4 nitrogen and oxygen atoms in total. The normalized spacial score (nSPS) is 10.7. The smallest absolute Gasteiger partial charge is 0.202 e. The standard InChI is InChI=1S/C6H5BrN4/c1-11-9-5-4(7)2-3-8-6(5)10-11/h2-3H,1H3. The van der Waals surface area contributed by atoms with Crippen molar-refractivity contribution in [2.75, 3.05) is 0 Å². The third kappa shape index (κ3) is 1.01. The number of aryl methyl sites for hydroxylation is 1. The van der Waals surface area contributed by atoms with E-state index in [1.165, 1.54) is 4.80 Å². The van der Waals surface area contributed by atoms with Gasteiger partial charge in [0.1, 0.15) is 5.52 Å². The SMILES string of the molecule is Cn1nc2nccc(Br)c2n1. The summed E-state index contributed by atoms with van der Waals surface area (Å²) in [5.41, 5.74) is 1.47. The van der Waals surface area contributed by atoms with E-state index >= 15 is 0 Å². The zero-order chi connectivity index (χ0) is 7.84. The monoisotopic (exact) mass is 212 g/mol. The van der Waals surface area contributed by atoms with Crippen LogP contribution in [0.1, 0.15) is 0 Å². The maximum absolute atomic E-state index is 4.11. The maximum Gasteiger partial charge on any atom is 0.202 e. The molecule has 0 atom stereocenters. The van der Waals surface area contributed by atoms with E-state index in [2.05, 4.69) is 31.1 Å². The fourth-order valence-corrected chi connectivity index (χ4v) is 1.26. The zero-order valence-corrected chi connectivity index (χ0v) is 7.41. The lowest BCUT2D eigenvalue weighted by Crippen LogP contribution is -1.90. The number of nitrogens with zero attached hydrogens (tertiary/aromatic N) is 4. The molecule has 0 bridgehead atoms. The Kier molecular flexibility index (Phi) is 1.38. The molecule has 2 aromatic heterocycles. The molecule has 0 unspecified atom stereocenters. The zero-order valence-electron chi connectivity index (χ0n) is 5.82. The van der Waals surface area contributed by atoms with Gasteiger partial charge < -0.3 is 0 Å². The van der Waals surface area contributed by atoms with Gasteiger partial charge in [-0.3, -0.25) is 0 Å². The Morgan fingerprint density at radius 2 is 2.27 bits per heavy atom. The second-order valence-electron chi connectivity index (χ2n) is 2.15. The number of halogens is 1. The molecule has 2 heterocycles.